The number of esters is 1. The van der Waals surface area contributed by atoms with Crippen LogP contribution in [0, 0.1) is 13.8 Å². The second-order valence-corrected chi connectivity index (χ2v) is 8.83. The smallest absolute Gasteiger partial charge is 0.350 e. The fraction of sp³-hybridized carbons (Fsp3) is 0.200. The van der Waals surface area contributed by atoms with E-state index in [0.29, 0.717) is 22.6 Å². The monoisotopic (exact) mass is 494 g/mol. The second kappa shape index (κ2) is 9.22. The van der Waals surface area contributed by atoms with Crippen LogP contribution in [0.15, 0.2) is 48.0 Å². The van der Waals surface area contributed by atoms with Gasteiger partial charge in [0, 0.05) is 5.56 Å². The van der Waals surface area contributed by atoms with Gasteiger partial charge in [0.2, 0.25) is 0 Å². The van der Waals surface area contributed by atoms with Crippen molar-refractivity contribution in [1.29, 1.82) is 0 Å². The number of anilines is 1. The number of aliphatic hydroxyl groups is 1. The van der Waals surface area contributed by atoms with Crippen LogP contribution in [0.5, 0.6) is 11.5 Å². The molecule has 1 atom stereocenters. The summed E-state index contributed by atoms with van der Waals surface area (Å²) in [6, 6.07) is 9.78. The number of aliphatic hydroxyl groups excluding tert-OH is 1. The van der Waals surface area contributed by atoms with Gasteiger partial charge in [-0.15, -0.1) is 0 Å². The molecule has 1 saturated heterocycles. The maximum absolute atomic E-state index is 13.2. The fourth-order valence-corrected chi connectivity index (χ4v) is 4.96. The maximum atomic E-state index is 13.2. The van der Waals surface area contributed by atoms with Crippen LogP contribution in [-0.4, -0.2) is 47.1 Å². The number of amides is 1. The molecule has 9 nitrogen and oxygen atoms in total. The summed E-state index contributed by atoms with van der Waals surface area (Å²) in [4.78, 5) is 44.3. The summed E-state index contributed by atoms with van der Waals surface area (Å²) in [5, 5.41) is 21.1. The van der Waals surface area contributed by atoms with Crippen molar-refractivity contribution in [3.05, 3.63) is 75.3 Å². The van der Waals surface area contributed by atoms with Crippen LogP contribution in [0.2, 0.25) is 0 Å². The molecule has 0 saturated carbocycles. The topological polar surface area (TPSA) is 126 Å². The van der Waals surface area contributed by atoms with Crippen molar-refractivity contribution >= 4 is 39.9 Å². The number of phenols is 1. The van der Waals surface area contributed by atoms with Gasteiger partial charge in [-0.25, -0.2) is 9.78 Å². The summed E-state index contributed by atoms with van der Waals surface area (Å²) >= 11 is 0.911. The molecule has 2 heterocycles. The molecule has 1 aliphatic rings. The van der Waals surface area contributed by atoms with Gasteiger partial charge in [0.15, 0.2) is 5.13 Å². The van der Waals surface area contributed by atoms with E-state index in [4.69, 9.17) is 9.47 Å². The Morgan fingerprint density at radius 1 is 1.09 bits per heavy atom. The lowest BCUT2D eigenvalue weighted by Gasteiger charge is -2.23. The number of ketones is 1. The lowest BCUT2D eigenvalue weighted by atomic mass is 9.95. The first-order valence-corrected chi connectivity index (χ1v) is 11.3. The highest BCUT2D eigenvalue weighted by molar-refractivity contribution is 7.17. The van der Waals surface area contributed by atoms with E-state index in [1.54, 1.807) is 44.2 Å². The summed E-state index contributed by atoms with van der Waals surface area (Å²) < 4.78 is 10.1. The Morgan fingerprint density at radius 3 is 2.37 bits per heavy atom. The summed E-state index contributed by atoms with van der Waals surface area (Å²) in [6.45, 7) is 3.39. The predicted molar refractivity (Wildman–Crippen MR) is 129 cm³/mol. The van der Waals surface area contributed by atoms with Gasteiger partial charge >= 0.3 is 11.9 Å². The number of carbonyl (C=O) groups is 3. The van der Waals surface area contributed by atoms with Crippen molar-refractivity contribution in [3.63, 3.8) is 0 Å². The summed E-state index contributed by atoms with van der Waals surface area (Å²) in [7, 11) is 2.76. The largest absolute Gasteiger partial charge is 0.508 e. The molecule has 4 rings (SSSR count). The molecule has 1 aromatic heterocycles. The normalized spacial score (nSPS) is 17.0. The molecule has 1 fully saturated rings. The Bertz CT molecular complexity index is 1370. The van der Waals surface area contributed by atoms with Gasteiger partial charge in [-0.1, -0.05) is 23.5 Å². The van der Waals surface area contributed by atoms with Gasteiger partial charge in [-0.05, 0) is 55.3 Å². The zero-order chi connectivity index (χ0) is 25.4. The molecule has 2 aromatic carbocycles. The van der Waals surface area contributed by atoms with Crippen molar-refractivity contribution in [2.24, 2.45) is 0 Å². The van der Waals surface area contributed by atoms with Gasteiger partial charge in [-0.2, -0.15) is 0 Å². The molecular weight excluding hydrogens is 472 g/mol. The first-order valence-electron chi connectivity index (χ1n) is 10.5. The average molecular weight is 495 g/mol. The van der Waals surface area contributed by atoms with Gasteiger partial charge in [0.1, 0.15) is 22.1 Å². The van der Waals surface area contributed by atoms with Gasteiger partial charge in [0.25, 0.3) is 5.78 Å². The molecule has 1 amide bonds. The highest BCUT2D eigenvalue weighted by Gasteiger charge is 2.48. The number of hydrogen-bond acceptors (Lipinski definition) is 9. The summed E-state index contributed by atoms with van der Waals surface area (Å²) in [6.07, 6.45) is 0. The number of Topliss-reactive ketones (excluding diaryl/α,β-unsaturated/α-hetero) is 1. The van der Waals surface area contributed by atoms with E-state index in [1.165, 1.54) is 26.4 Å². The van der Waals surface area contributed by atoms with Crippen LogP contribution in [0.4, 0.5) is 5.13 Å². The number of rotatable bonds is 5. The fourth-order valence-electron chi connectivity index (χ4n) is 3.95. The number of hydrogen-bond donors (Lipinski definition) is 2. The molecule has 10 heteroatoms. The standard InChI is InChI=1S/C25H22N2O7S/c1-12-11-15(7-10-17(12)33-3)20(29)18-19(14-5-8-16(28)9-6-14)27(23(31)21(18)30)25-26-13(2)22(35-25)24(32)34-4/h5-11,19,28-29H,1-4H3/b20-18+. The SMILES string of the molecule is COC(=O)c1sc(N2C(=O)C(=O)/C(=C(/O)c3ccc(OC)c(C)c3)C2c2ccc(O)cc2)nc1C. The number of methoxy groups -OCH3 is 2. The molecule has 0 radical (unpaired) electrons. The number of benzene rings is 2. The van der Waals surface area contributed by atoms with E-state index in [2.05, 4.69) is 4.98 Å². The average Bonchev–Trinajstić information content (AvgIpc) is 3.35. The third kappa shape index (κ3) is 4.12. The number of aryl methyl sites for hydroxylation is 2. The first-order chi connectivity index (χ1) is 16.7. The van der Waals surface area contributed by atoms with Crippen LogP contribution in [0.1, 0.15) is 38.1 Å². The summed E-state index contributed by atoms with van der Waals surface area (Å²) in [5.41, 5.74) is 1.72. The second-order valence-electron chi connectivity index (χ2n) is 7.85. The third-order valence-electron chi connectivity index (χ3n) is 5.68. The van der Waals surface area contributed by atoms with Gasteiger partial charge < -0.3 is 19.7 Å². The molecule has 0 bridgehead atoms. The van der Waals surface area contributed by atoms with Crippen molar-refractivity contribution in [2.75, 3.05) is 19.1 Å². The number of aromatic hydroxyl groups is 1. The Hall–Kier alpha value is -4.18. The van der Waals surface area contributed by atoms with Crippen LogP contribution >= 0.6 is 11.3 Å². The van der Waals surface area contributed by atoms with Crippen LogP contribution in [0.25, 0.3) is 5.76 Å². The van der Waals surface area contributed by atoms with E-state index in [9.17, 15) is 24.6 Å². The number of carbonyl (C=O) groups excluding carboxylic acids is 3. The van der Waals surface area contributed by atoms with E-state index in [0.717, 1.165) is 21.8 Å². The third-order valence-corrected chi connectivity index (χ3v) is 6.82. The Kier molecular flexibility index (Phi) is 6.31. The lowest BCUT2D eigenvalue weighted by Crippen LogP contribution is -2.29. The zero-order valence-corrected chi connectivity index (χ0v) is 20.2. The van der Waals surface area contributed by atoms with E-state index in [-0.39, 0.29) is 27.1 Å². The number of aromatic nitrogens is 1. The molecule has 0 aliphatic carbocycles. The quantitative estimate of drug-likeness (QED) is 0.237. The van der Waals surface area contributed by atoms with E-state index in [1.807, 2.05) is 0 Å². The lowest BCUT2D eigenvalue weighted by molar-refractivity contribution is -0.132. The minimum atomic E-state index is -1.05. The molecule has 0 spiro atoms. The van der Waals surface area contributed by atoms with Crippen molar-refractivity contribution in [2.45, 2.75) is 19.9 Å². The Balaban J connectivity index is 1.93. The van der Waals surface area contributed by atoms with Crippen LogP contribution in [-0.2, 0) is 14.3 Å². The van der Waals surface area contributed by atoms with Gasteiger partial charge in [-0.3, -0.25) is 14.5 Å². The number of ether oxygens (including phenoxy) is 2. The number of thiazole rings is 1. The molecule has 2 N–H and O–H groups in total. The van der Waals surface area contributed by atoms with Crippen LogP contribution < -0.4 is 9.64 Å². The molecule has 35 heavy (non-hydrogen) atoms. The number of nitrogens with zero attached hydrogens (tertiary/aromatic N) is 2. The van der Waals surface area contributed by atoms with Crippen LogP contribution in [0.3, 0.4) is 0 Å². The van der Waals surface area contributed by atoms with E-state index < -0.39 is 23.7 Å². The molecule has 1 unspecified atom stereocenters. The Morgan fingerprint density at radius 2 is 1.77 bits per heavy atom. The highest BCUT2D eigenvalue weighted by Crippen LogP contribution is 2.44. The predicted octanol–water partition coefficient (Wildman–Crippen LogP) is 3.89. The van der Waals surface area contributed by atoms with E-state index >= 15 is 0 Å². The molecule has 3 aromatic rings. The van der Waals surface area contributed by atoms with Crippen molar-refractivity contribution in [1.82, 2.24) is 4.98 Å². The van der Waals surface area contributed by atoms with Crippen molar-refractivity contribution < 1.29 is 34.1 Å². The first kappa shape index (κ1) is 24.0. The Labute approximate surface area is 204 Å². The molecule has 1 aliphatic heterocycles. The molecular formula is C25H22N2O7S. The minimum absolute atomic E-state index is 0.00505. The van der Waals surface area contributed by atoms with Crippen molar-refractivity contribution in [3.8, 4) is 11.5 Å². The highest BCUT2D eigenvalue weighted by atomic mass is 32.1. The molecule has 180 valence electrons. The number of phenolic OH excluding ortho intramolecular Hbond substituents is 1. The summed E-state index contributed by atoms with van der Waals surface area (Å²) in [5.74, 6) is -2.18. The maximum Gasteiger partial charge on any atom is 0.350 e. The van der Waals surface area contributed by atoms with Gasteiger partial charge in [0.05, 0.1) is 31.5 Å². The zero-order valence-electron chi connectivity index (χ0n) is 19.4. The minimum Gasteiger partial charge on any atom is -0.508 e.